The van der Waals surface area contributed by atoms with Crippen molar-refractivity contribution in [1.82, 2.24) is 4.98 Å². The van der Waals surface area contributed by atoms with Gasteiger partial charge in [-0.1, -0.05) is 97.9 Å². The first-order chi connectivity index (χ1) is 25.1. The Balaban J connectivity index is 1.19. The van der Waals surface area contributed by atoms with E-state index in [4.69, 9.17) is 9.15 Å². The number of furan rings is 1. The standard InChI is InChI=1S/C49H49NO2/c1-9-29(8)35-24-37(49-43(25-35)41-19-31(27(4)5)13-17-47(41)52-49)33-11-15-45-39(21-33)38-20-32(10-14-44(38)50-45)36-22-34(28(6)7)23-42-40-18-30(26(2)3)12-16-46(40)51-48(36)42/h10-29,42,48,50H,9H2,1-8H3. The zero-order chi connectivity index (χ0) is 36.0. The lowest BCUT2D eigenvalue weighted by Crippen LogP contribution is -2.23. The lowest BCUT2D eigenvalue weighted by Gasteiger charge is -2.27. The fraction of sp³-hybridized carbons (Fsp3) is 0.306. The second-order valence-corrected chi connectivity index (χ2v) is 16.3. The van der Waals surface area contributed by atoms with Crippen LogP contribution in [-0.2, 0) is 0 Å². The molecule has 3 nitrogen and oxygen atoms in total. The topological polar surface area (TPSA) is 38.2 Å². The molecule has 262 valence electrons. The maximum Gasteiger partial charge on any atom is 0.143 e. The summed E-state index contributed by atoms with van der Waals surface area (Å²) in [5, 5.41) is 4.86. The van der Waals surface area contributed by atoms with Gasteiger partial charge in [0.05, 0.1) is 0 Å². The van der Waals surface area contributed by atoms with E-state index in [1.54, 1.807) is 0 Å². The minimum atomic E-state index is -0.0426. The first kappa shape index (κ1) is 32.9. The normalized spacial score (nSPS) is 17.8. The molecule has 0 bridgehead atoms. The first-order valence-electron chi connectivity index (χ1n) is 19.4. The number of H-pyrrole nitrogens is 1. The number of ether oxygens (including phenoxy) is 1. The molecular formula is C49H49NO2. The zero-order valence-corrected chi connectivity index (χ0v) is 31.7. The fourth-order valence-corrected chi connectivity index (χ4v) is 8.48. The zero-order valence-electron chi connectivity index (χ0n) is 31.7. The largest absolute Gasteiger partial charge is 0.484 e. The minimum Gasteiger partial charge on any atom is -0.484 e. The molecule has 0 amide bonds. The van der Waals surface area contributed by atoms with Gasteiger partial charge in [0.15, 0.2) is 0 Å². The summed E-state index contributed by atoms with van der Waals surface area (Å²) in [4.78, 5) is 3.72. The Labute approximate surface area is 307 Å². The summed E-state index contributed by atoms with van der Waals surface area (Å²) < 4.78 is 13.5. The smallest absolute Gasteiger partial charge is 0.143 e. The third-order valence-corrected chi connectivity index (χ3v) is 12.0. The molecule has 3 atom stereocenters. The summed E-state index contributed by atoms with van der Waals surface area (Å²) >= 11 is 0. The molecule has 0 saturated heterocycles. The predicted octanol–water partition coefficient (Wildman–Crippen LogP) is 14.2. The van der Waals surface area contributed by atoms with E-state index in [0.29, 0.717) is 23.7 Å². The van der Waals surface area contributed by atoms with Crippen molar-refractivity contribution in [3.8, 4) is 16.9 Å². The average Bonchev–Trinajstić information content (AvgIpc) is 3.83. The van der Waals surface area contributed by atoms with E-state index in [2.05, 4.69) is 157 Å². The summed E-state index contributed by atoms with van der Waals surface area (Å²) in [5.74, 6) is 3.02. The molecule has 1 aliphatic carbocycles. The van der Waals surface area contributed by atoms with Crippen molar-refractivity contribution < 1.29 is 9.15 Å². The maximum absolute atomic E-state index is 6.79. The molecule has 52 heavy (non-hydrogen) atoms. The van der Waals surface area contributed by atoms with Crippen LogP contribution in [0.2, 0.25) is 0 Å². The van der Waals surface area contributed by atoms with Crippen LogP contribution in [0.1, 0.15) is 113 Å². The van der Waals surface area contributed by atoms with E-state index in [1.807, 2.05) is 0 Å². The summed E-state index contributed by atoms with van der Waals surface area (Å²) in [6.07, 6.45) is 5.90. The number of rotatable bonds is 7. The van der Waals surface area contributed by atoms with E-state index in [0.717, 1.165) is 39.9 Å². The van der Waals surface area contributed by atoms with E-state index in [-0.39, 0.29) is 12.0 Å². The molecule has 1 N–H and O–H groups in total. The van der Waals surface area contributed by atoms with Gasteiger partial charge in [-0.2, -0.15) is 0 Å². The molecule has 1 aliphatic heterocycles. The molecule has 2 aliphatic rings. The van der Waals surface area contributed by atoms with Gasteiger partial charge < -0.3 is 14.1 Å². The van der Waals surface area contributed by atoms with Gasteiger partial charge >= 0.3 is 0 Å². The molecule has 9 rings (SSSR count). The second kappa shape index (κ2) is 12.3. The Bertz CT molecular complexity index is 2600. The van der Waals surface area contributed by atoms with Crippen molar-refractivity contribution in [2.24, 2.45) is 5.92 Å². The number of allylic oxidation sites excluding steroid dienone is 2. The Morgan fingerprint density at radius 2 is 1.31 bits per heavy atom. The van der Waals surface area contributed by atoms with Gasteiger partial charge in [-0.3, -0.25) is 0 Å². The number of aromatic nitrogens is 1. The summed E-state index contributed by atoms with van der Waals surface area (Å²) in [6, 6.07) is 32.0. The van der Waals surface area contributed by atoms with Crippen LogP contribution in [-0.4, -0.2) is 11.1 Å². The molecular weight excluding hydrogens is 635 g/mol. The van der Waals surface area contributed by atoms with Crippen LogP contribution in [0.5, 0.6) is 5.75 Å². The molecule has 0 spiro atoms. The van der Waals surface area contributed by atoms with Crippen LogP contribution in [0.25, 0.3) is 60.4 Å². The molecule has 2 aromatic heterocycles. The number of aromatic amines is 1. The minimum absolute atomic E-state index is 0.0426. The quantitative estimate of drug-likeness (QED) is 0.182. The predicted molar refractivity (Wildman–Crippen MR) is 220 cm³/mol. The molecule has 0 radical (unpaired) electrons. The van der Waals surface area contributed by atoms with Crippen molar-refractivity contribution >= 4 is 49.3 Å². The van der Waals surface area contributed by atoms with Gasteiger partial charge in [0, 0.05) is 55.2 Å². The van der Waals surface area contributed by atoms with E-state index >= 15 is 0 Å². The SMILES string of the molecule is CCC(C)c1cc(-c2ccc3[nH]c4ccc(C5=CC(C(C)C)=CC6c7cc(C(C)C)ccc7OC56)cc4c3c2)c2oc3ccc(C(C)C)cc3c2c1. The highest BCUT2D eigenvalue weighted by Gasteiger charge is 2.39. The Morgan fingerprint density at radius 1 is 0.635 bits per heavy atom. The number of fused-ring (bicyclic) bond motifs is 9. The van der Waals surface area contributed by atoms with Crippen LogP contribution in [0.15, 0.2) is 107 Å². The van der Waals surface area contributed by atoms with Crippen molar-refractivity contribution in [2.45, 2.75) is 91.6 Å². The molecule has 3 unspecified atom stereocenters. The van der Waals surface area contributed by atoms with Gasteiger partial charge in [-0.15, -0.1) is 0 Å². The number of nitrogens with one attached hydrogen (secondary N) is 1. The van der Waals surface area contributed by atoms with Gasteiger partial charge in [0.25, 0.3) is 0 Å². The van der Waals surface area contributed by atoms with Gasteiger partial charge in [0.1, 0.15) is 23.0 Å². The lowest BCUT2D eigenvalue weighted by atomic mass is 9.79. The monoisotopic (exact) mass is 683 g/mol. The summed E-state index contributed by atoms with van der Waals surface area (Å²) in [5.41, 5.74) is 15.8. The number of hydrogen-bond donors (Lipinski definition) is 1. The highest BCUT2D eigenvalue weighted by molar-refractivity contribution is 6.13. The van der Waals surface area contributed by atoms with Crippen LogP contribution in [0.3, 0.4) is 0 Å². The van der Waals surface area contributed by atoms with E-state index in [9.17, 15) is 0 Å². The number of benzene rings is 5. The van der Waals surface area contributed by atoms with Gasteiger partial charge in [-0.05, 0) is 118 Å². The molecule has 3 heteroatoms. The maximum atomic E-state index is 6.79. The van der Waals surface area contributed by atoms with Crippen molar-refractivity contribution in [3.05, 3.63) is 130 Å². The van der Waals surface area contributed by atoms with E-state index < -0.39 is 0 Å². The van der Waals surface area contributed by atoms with Crippen molar-refractivity contribution in [1.29, 1.82) is 0 Å². The van der Waals surface area contributed by atoms with Crippen molar-refractivity contribution in [3.63, 3.8) is 0 Å². The Kier molecular flexibility index (Phi) is 7.77. The molecule has 3 heterocycles. The van der Waals surface area contributed by atoms with Crippen LogP contribution < -0.4 is 4.74 Å². The van der Waals surface area contributed by atoms with E-state index in [1.165, 1.54) is 66.1 Å². The first-order valence-corrected chi connectivity index (χ1v) is 19.4. The number of hydrogen-bond acceptors (Lipinski definition) is 2. The third kappa shape index (κ3) is 5.23. The third-order valence-electron chi connectivity index (χ3n) is 12.0. The van der Waals surface area contributed by atoms with Crippen LogP contribution in [0.4, 0.5) is 0 Å². The fourth-order valence-electron chi connectivity index (χ4n) is 8.48. The average molecular weight is 684 g/mol. The van der Waals surface area contributed by atoms with Crippen molar-refractivity contribution in [2.75, 3.05) is 0 Å². The summed E-state index contributed by atoms with van der Waals surface area (Å²) in [7, 11) is 0. The highest BCUT2D eigenvalue weighted by atomic mass is 16.5. The lowest BCUT2D eigenvalue weighted by molar-refractivity contribution is 0.277. The molecule has 5 aromatic carbocycles. The van der Waals surface area contributed by atoms with Crippen LogP contribution >= 0.6 is 0 Å². The Hall–Kier alpha value is -5.02. The summed E-state index contributed by atoms with van der Waals surface area (Å²) in [6.45, 7) is 18.2. The van der Waals surface area contributed by atoms with Gasteiger partial charge in [0.2, 0.25) is 0 Å². The molecule has 0 fully saturated rings. The van der Waals surface area contributed by atoms with Crippen LogP contribution in [0, 0.1) is 5.92 Å². The van der Waals surface area contributed by atoms with Gasteiger partial charge in [-0.25, -0.2) is 0 Å². The molecule has 7 aromatic rings. The second-order valence-electron chi connectivity index (χ2n) is 16.3. The Morgan fingerprint density at radius 3 is 2.02 bits per heavy atom. The highest BCUT2D eigenvalue weighted by Crippen LogP contribution is 2.49. The molecule has 0 saturated carbocycles.